The van der Waals surface area contributed by atoms with Crippen LogP contribution in [0.2, 0.25) is 5.02 Å². The second-order valence-electron chi connectivity index (χ2n) is 5.34. The lowest BCUT2D eigenvalue weighted by molar-refractivity contribution is 0.145. The molecule has 0 aromatic heterocycles. The number of phenolic OH excluding ortho intramolecular Hbond substituents is 1. The predicted octanol–water partition coefficient (Wildman–Crippen LogP) is 4.37. The SMILES string of the molecule is CC(c1cc(Cl)ccc1O)N(C)C1CCCCC1. The molecule has 1 fully saturated rings. The van der Waals surface area contributed by atoms with E-state index in [1.807, 2.05) is 6.07 Å². The molecule has 1 saturated carbocycles. The highest BCUT2D eigenvalue weighted by atomic mass is 35.5. The number of halogens is 1. The summed E-state index contributed by atoms with van der Waals surface area (Å²) in [5, 5.41) is 10.7. The fourth-order valence-corrected chi connectivity index (χ4v) is 3.06. The van der Waals surface area contributed by atoms with Crippen molar-refractivity contribution in [3.8, 4) is 5.75 Å². The molecule has 1 aromatic rings. The van der Waals surface area contributed by atoms with E-state index in [9.17, 15) is 5.11 Å². The summed E-state index contributed by atoms with van der Waals surface area (Å²) >= 11 is 6.02. The molecule has 0 amide bonds. The number of nitrogens with zero attached hydrogens (tertiary/aromatic N) is 1. The summed E-state index contributed by atoms with van der Waals surface area (Å²) < 4.78 is 0. The monoisotopic (exact) mass is 267 g/mol. The maximum Gasteiger partial charge on any atom is 0.120 e. The Morgan fingerprint density at radius 1 is 1.28 bits per heavy atom. The Morgan fingerprint density at radius 3 is 2.61 bits per heavy atom. The third kappa shape index (κ3) is 2.99. The molecule has 0 heterocycles. The highest BCUT2D eigenvalue weighted by Gasteiger charge is 2.24. The number of hydrogen-bond donors (Lipinski definition) is 1. The van der Waals surface area contributed by atoms with Gasteiger partial charge in [-0.2, -0.15) is 0 Å². The van der Waals surface area contributed by atoms with Gasteiger partial charge in [0.1, 0.15) is 5.75 Å². The molecule has 2 rings (SSSR count). The molecule has 1 aromatic carbocycles. The van der Waals surface area contributed by atoms with Crippen molar-refractivity contribution >= 4 is 11.6 Å². The predicted molar refractivity (Wildman–Crippen MR) is 76.2 cm³/mol. The molecular weight excluding hydrogens is 246 g/mol. The topological polar surface area (TPSA) is 23.5 Å². The first-order chi connectivity index (χ1) is 8.59. The van der Waals surface area contributed by atoms with Gasteiger partial charge in [0.15, 0.2) is 0 Å². The normalized spacial score (nSPS) is 19.1. The first-order valence-corrected chi connectivity index (χ1v) is 7.17. The first-order valence-electron chi connectivity index (χ1n) is 6.80. The van der Waals surface area contributed by atoms with Gasteiger partial charge in [0, 0.05) is 22.7 Å². The zero-order chi connectivity index (χ0) is 13.1. The number of rotatable bonds is 3. The molecule has 0 radical (unpaired) electrons. The molecule has 18 heavy (non-hydrogen) atoms. The van der Waals surface area contributed by atoms with Crippen LogP contribution in [0.5, 0.6) is 5.75 Å². The van der Waals surface area contributed by atoms with Crippen molar-refractivity contribution in [2.75, 3.05) is 7.05 Å². The second-order valence-corrected chi connectivity index (χ2v) is 5.77. The van der Waals surface area contributed by atoms with Crippen LogP contribution in [-0.2, 0) is 0 Å². The molecule has 1 atom stereocenters. The second kappa shape index (κ2) is 5.94. The molecule has 1 aliphatic carbocycles. The van der Waals surface area contributed by atoms with Gasteiger partial charge in [-0.05, 0) is 45.0 Å². The van der Waals surface area contributed by atoms with Gasteiger partial charge in [-0.25, -0.2) is 0 Å². The lowest BCUT2D eigenvalue weighted by Crippen LogP contribution is -2.35. The maximum absolute atomic E-state index is 9.97. The molecule has 0 saturated heterocycles. The molecule has 100 valence electrons. The molecule has 3 heteroatoms. The standard InChI is InChI=1S/C15H22ClNO/c1-11(14-10-12(16)8-9-15(14)18)17(2)13-6-4-3-5-7-13/h8-11,13,18H,3-7H2,1-2H3. The van der Waals surface area contributed by atoms with Crippen molar-refractivity contribution in [1.82, 2.24) is 4.90 Å². The lowest BCUT2D eigenvalue weighted by Gasteiger charge is -2.36. The average Bonchev–Trinajstić information content (AvgIpc) is 2.41. The van der Waals surface area contributed by atoms with Crippen molar-refractivity contribution in [1.29, 1.82) is 0 Å². The Kier molecular flexibility index (Phi) is 4.52. The number of hydrogen-bond acceptors (Lipinski definition) is 2. The third-order valence-corrected chi connectivity index (χ3v) is 4.44. The zero-order valence-corrected chi connectivity index (χ0v) is 12.0. The maximum atomic E-state index is 9.97. The minimum Gasteiger partial charge on any atom is -0.508 e. The summed E-state index contributed by atoms with van der Waals surface area (Å²) in [7, 11) is 2.15. The summed E-state index contributed by atoms with van der Waals surface area (Å²) in [4.78, 5) is 2.38. The summed E-state index contributed by atoms with van der Waals surface area (Å²) in [5.74, 6) is 0.342. The van der Waals surface area contributed by atoms with Crippen molar-refractivity contribution < 1.29 is 5.11 Å². The van der Waals surface area contributed by atoms with Crippen LogP contribution in [0, 0.1) is 0 Å². The van der Waals surface area contributed by atoms with Crippen LogP contribution in [0.15, 0.2) is 18.2 Å². The molecule has 0 spiro atoms. The molecule has 1 N–H and O–H groups in total. The van der Waals surface area contributed by atoms with E-state index in [1.165, 1.54) is 32.1 Å². The van der Waals surface area contributed by atoms with Crippen LogP contribution >= 0.6 is 11.6 Å². The van der Waals surface area contributed by atoms with E-state index in [-0.39, 0.29) is 6.04 Å². The average molecular weight is 268 g/mol. The van der Waals surface area contributed by atoms with Crippen LogP contribution < -0.4 is 0 Å². The van der Waals surface area contributed by atoms with E-state index >= 15 is 0 Å². The highest BCUT2D eigenvalue weighted by Crippen LogP contribution is 2.33. The number of aromatic hydroxyl groups is 1. The Balaban J connectivity index is 2.13. The van der Waals surface area contributed by atoms with Gasteiger partial charge in [0.25, 0.3) is 0 Å². The highest BCUT2D eigenvalue weighted by molar-refractivity contribution is 6.30. The van der Waals surface area contributed by atoms with E-state index in [2.05, 4.69) is 18.9 Å². The molecule has 1 unspecified atom stereocenters. The third-order valence-electron chi connectivity index (χ3n) is 4.20. The Morgan fingerprint density at radius 2 is 1.94 bits per heavy atom. The van der Waals surface area contributed by atoms with E-state index in [4.69, 9.17) is 11.6 Å². The molecule has 2 nitrogen and oxygen atoms in total. The first kappa shape index (κ1) is 13.7. The van der Waals surface area contributed by atoms with Crippen LogP contribution in [0.25, 0.3) is 0 Å². The van der Waals surface area contributed by atoms with Gasteiger partial charge in [-0.1, -0.05) is 30.9 Å². The van der Waals surface area contributed by atoms with Gasteiger partial charge in [-0.15, -0.1) is 0 Å². The molecule has 0 aliphatic heterocycles. The minimum atomic E-state index is 0.201. The van der Waals surface area contributed by atoms with Crippen LogP contribution in [0.4, 0.5) is 0 Å². The minimum absolute atomic E-state index is 0.201. The Bertz CT molecular complexity index is 401. The van der Waals surface area contributed by atoms with Crippen LogP contribution in [0.1, 0.15) is 50.6 Å². The van der Waals surface area contributed by atoms with Gasteiger partial charge >= 0.3 is 0 Å². The molecular formula is C15H22ClNO. The lowest BCUT2D eigenvalue weighted by atomic mass is 9.92. The van der Waals surface area contributed by atoms with Gasteiger partial charge in [0.05, 0.1) is 0 Å². The Labute approximate surface area is 115 Å². The van der Waals surface area contributed by atoms with Crippen LogP contribution in [-0.4, -0.2) is 23.1 Å². The van der Waals surface area contributed by atoms with Crippen LogP contribution in [0.3, 0.4) is 0 Å². The van der Waals surface area contributed by atoms with E-state index in [0.717, 1.165) is 5.56 Å². The quantitative estimate of drug-likeness (QED) is 0.879. The fraction of sp³-hybridized carbons (Fsp3) is 0.600. The van der Waals surface area contributed by atoms with E-state index in [0.29, 0.717) is 16.8 Å². The molecule has 1 aliphatic rings. The van der Waals surface area contributed by atoms with Gasteiger partial charge < -0.3 is 5.11 Å². The molecule has 0 bridgehead atoms. The smallest absolute Gasteiger partial charge is 0.120 e. The van der Waals surface area contributed by atoms with Crippen molar-refractivity contribution in [2.45, 2.75) is 51.1 Å². The summed E-state index contributed by atoms with van der Waals surface area (Å²) in [5.41, 5.74) is 0.926. The summed E-state index contributed by atoms with van der Waals surface area (Å²) in [6.45, 7) is 2.14. The van der Waals surface area contributed by atoms with Crippen molar-refractivity contribution in [3.63, 3.8) is 0 Å². The number of benzene rings is 1. The Hall–Kier alpha value is -0.730. The van der Waals surface area contributed by atoms with Crippen molar-refractivity contribution in [3.05, 3.63) is 28.8 Å². The van der Waals surface area contributed by atoms with E-state index in [1.54, 1.807) is 12.1 Å². The fourth-order valence-electron chi connectivity index (χ4n) is 2.88. The number of phenols is 1. The van der Waals surface area contributed by atoms with Crippen molar-refractivity contribution in [2.24, 2.45) is 0 Å². The summed E-state index contributed by atoms with van der Waals surface area (Å²) in [6.07, 6.45) is 6.54. The van der Waals surface area contributed by atoms with Gasteiger partial charge in [-0.3, -0.25) is 4.90 Å². The van der Waals surface area contributed by atoms with Gasteiger partial charge in [0.2, 0.25) is 0 Å². The summed E-state index contributed by atoms with van der Waals surface area (Å²) in [6, 6.07) is 6.12. The zero-order valence-electron chi connectivity index (χ0n) is 11.2. The largest absolute Gasteiger partial charge is 0.508 e. The van der Waals surface area contributed by atoms with E-state index < -0.39 is 0 Å².